The van der Waals surface area contributed by atoms with Crippen molar-refractivity contribution in [2.75, 3.05) is 6.61 Å². The average molecular weight is 236 g/mol. The normalized spacial score (nSPS) is 13.7. The van der Waals surface area contributed by atoms with Gasteiger partial charge in [-0.15, -0.1) is 0 Å². The summed E-state index contributed by atoms with van der Waals surface area (Å²) in [6.45, 7) is 8.94. The summed E-state index contributed by atoms with van der Waals surface area (Å²) in [7, 11) is 0. The molecule has 0 spiro atoms. The molecule has 0 amide bonds. The number of hydrogen-bond donors (Lipinski definition) is 2. The van der Waals surface area contributed by atoms with Crippen LogP contribution in [0.5, 0.6) is 0 Å². The van der Waals surface area contributed by atoms with Crippen molar-refractivity contribution in [2.24, 2.45) is 5.84 Å². The molecule has 3 heteroatoms. The van der Waals surface area contributed by atoms with Gasteiger partial charge in [-0.3, -0.25) is 11.3 Å². The van der Waals surface area contributed by atoms with Gasteiger partial charge in [0.2, 0.25) is 0 Å². The van der Waals surface area contributed by atoms with E-state index >= 15 is 0 Å². The first kappa shape index (κ1) is 14.2. The van der Waals surface area contributed by atoms with Gasteiger partial charge >= 0.3 is 0 Å². The summed E-state index contributed by atoms with van der Waals surface area (Å²) in [6.07, 6.45) is 1.03. The highest BCUT2D eigenvalue weighted by Gasteiger charge is 2.30. The van der Waals surface area contributed by atoms with Crippen LogP contribution in [0.4, 0.5) is 0 Å². The predicted octanol–water partition coefficient (Wildman–Crippen LogP) is 2.57. The molecule has 1 aromatic rings. The van der Waals surface area contributed by atoms with Crippen LogP contribution in [0.1, 0.15) is 44.9 Å². The number of ether oxygens (including phenoxy) is 1. The van der Waals surface area contributed by atoms with E-state index in [4.69, 9.17) is 10.6 Å². The third kappa shape index (κ3) is 3.53. The van der Waals surface area contributed by atoms with Crippen LogP contribution in [0.3, 0.4) is 0 Å². The number of hydrazine groups is 1. The maximum absolute atomic E-state index is 5.77. The van der Waals surface area contributed by atoms with E-state index in [9.17, 15) is 0 Å². The van der Waals surface area contributed by atoms with E-state index in [-0.39, 0.29) is 11.6 Å². The highest BCUT2D eigenvalue weighted by Crippen LogP contribution is 2.28. The van der Waals surface area contributed by atoms with Crippen molar-refractivity contribution in [3.8, 4) is 0 Å². The molecule has 0 saturated heterocycles. The topological polar surface area (TPSA) is 47.3 Å². The van der Waals surface area contributed by atoms with Crippen LogP contribution >= 0.6 is 0 Å². The van der Waals surface area contributed by atoms with Gasteiger partial charge in [0.15, 0.2) is 0 Å². The molecule has 1 atom stereocenters. The molecule has 1 aromatic carbocycles. The van der Waals surface area contributed by atoms with Gasteiger partial charge in [0.05, 0.1) is 11.6 Å². The lowest BCUT2D eigenvalue weighted by Crippen LogP contribution is -2.44. The van der Waals surface area contributed by atoms with Crippen molar-refractivity contribution in [1.82, 2.24) is 5.43 Å². The number of aryl methyl sites for hydroxylation is 1. The maximum atomic E-state index is 5.77. The summed E-state index contributed by atoms with van der Waals surface area (Å²) >= 11 is 0. The Bertz CT molecular complexity index is 350. The van der Waals surface area contributed by atoms with Crippen LogP contribution in [-0.2, 0) is 11.2 Å². The first-order valence-corrected chi connectivity index (χ1v) is 6.24. The lowest BCUT2D eigenvalue weighted by atomic mass is 9.91. The van der Waals surface area contributed by atoms with E-state index in [0.717, 1.165) is 6.42 Å². The van der Waals surface area contributed by atoms with E-state index in [2.05, 4.69) is 50.5 Å². The van der Waals surface area contributed by atoms with Crippen molar-refractivity contribution in [1.29, 1.82) is 0 Å². The second-order valence-electron chi connectivity index (χ2n) is 4.73. The van der Waals surface area contributed by atoms with Crippen LogP contribution in [0.25, 0.3) is 0 Å². The second kappa shape index (κ2) is 6.15. The SMILES string of the molecule is CCOC(C)(C)C(NN)c1cccc(CC)c1. The minimum atomic E-state index is -0.324. The van der Waals surface area contributed by atoms with Gasteiger partial charge in [-0.1, -0.05) is 31.2 Å². The quantitative estimate of drug-likeness (QED) is 0.589. The fourth-order valence-corrected chi connectivity index (χ4v) is 2.15. The number of nitrogens with two attached hydrogens (primary N) is 1. The first-order chi connectivity index (χ1) is 8.05. The average Bonchev–Trinajstić information content (AvgIpc) is 2.29. The highest BCUT2D eigenvalue weighted by atomic mass is 16.5. The minimum absolute atomic E-state index is 0.00560. The fourth-order valence-electron chi connectivity index (χ4n) is 2.15. The number of benzene rings is 1. The molecule has 0 aliphatic heterocycles. The molecular formula is C14H24N2O. The lowest BCUT2D eigenvalue weighted by Gasteiger charge is -2.34. The van der Waals surface area contributed by atoms with E-state index in [1.165, 1.54) is 11.1 Å². The Kier molecular flexibility index (Phi) is 5.12. The Morgan fingerprint density at radius 1 is 1.35 bits per heavy atom. The van der Waals surface area contributed by atoms with Gasteiger partial charge < -0.3 is 4.74 Å². The number of rotatable bonds is 6. The zero-order valence-electron chi connectivity index (χ0n) is 11.3. The largest absolute Gasteiger partial charge is 0.374 e. The molecule has 0 heterocycles. The molecule has 1 unspecified atom stereocenters. The third-order valence-corrected chi connectivity index (χ3v) is 3.07. The fraction of sp³-hybridized carbons (Fsp3) is 0.571. The highest BCUT2D eigenvalue weighted by molar-refractivity contribution is 5.27. The van der Waals surface area contributed by atoms with Crippen LogP contribution in [0.2, 0.25) is 0 Å². The van der Waals surface area contributed by atoms with Crippen LogP contribution in [0, 0.1) is 0 Å². The molecule has 96 valence electrons. The number of nitrogens with one attached hydrogen (secondary N) is 1. The molecule has 3 N–H and O–H groups in total. The molecule has 0 saturated carbocycles. The van der Waals surface area contributed by atoms with Gasteiger partial charge in [0.25, 0.3) is 0 Å². The van der Waals surface area contributed by atoms with E-state index in [1.807, 2.05) is 6.92 Å². The Morgan fingerprint density at radius 3 is 2.59 bits per heavy atom. The zero-order chi connectivity index (χ0) is 12.9. The van der Waals surface area contributed by atoms with Crippen molar-refractivity contribution < 1.29 is 4.74 Å². The van der Waals surface area contributed by atoms with Gasteiger partial charge in [0.1, 0.15) is 0 Å². The number of hydrogen-bond acceptors (Lipinski definition) is 3. The van der Waals surface area contributed by atoms with Crippen LogP contribution in [0.15, 0.2) is 24.3 Å². The van der Waals surface area contributed by atoms with Gasteiger partial charge in [-0.2, -0.15) is 0 Å². The second-order valence-corrected chi connectivity index (χ2v) is 4.73. The monoisotopic (exact) mass is 236 g/mol. The molecular weight excluding hydrogens is 212 g/mol. The van der Waals surface area contributed by atoms with E-state index in [1.54, 1.807) is 0 Å². The van der Waals surface area contributed by atoms with Gasteiger partial charge in [-0.25, -0.2) is 0 Å². The molecule has 0 aliphatic rings. The Hall–Kier alpha value is -0.900. The van der Waals surface area contributed by atoms with E-state index < -0.39 is 0 Å². The summed E-state index contributed by atoms with van der Waals surface area (Å²) in [5.74, 6) is 5.68. The summed E-state index contributed by atoms with van der Waals surface area (Å²) in [6, 6.07) is 8.47. The van der Waals surface area contributed by atoms with Crippen LogP contribution in [-0.4, -0.2) is 12.2 Å². The molecule has 3 nitrogen and oxygen atoms in total. The molecule has 17 heavy (non-hydrogen) atoms. The molecule has 0 radical (unpaired) electrons. The molecule has 0 aromatic heterocycles. The standard InChI is InChI=1S/C14H24N2O/c1-5-11-8-7-9-12(10-11)13(16-15)14(3,4)17-6-2/h7-10,13,16H,5-6,15H2,1-4H3. The maximum Gasteiger partial charge on any atom is 0.0833 e. The van der Waals surface area contributed by atoms with E-state index in [0.29, 0.717) is 6.61 Å². The Morgan fingerprint density at radius 2 is 2.06 bits per heavy atom. The Labute approximate surface area is 104 Å². The summed E-state index contributed by atoms with van der Waals surface area (Å²) in [5, 5.41) is 0. The molecule has 0 bridgehead atoms. The predicted molar refractivity (Wildman–Crippen MR) is 71.6 cm³/mol. The minimum Gasteiger partial charge on any atom is -0.374 e. The lowest BCUT2D eigenvalue weighted by molar-refractivity contribution is -0.0392. The first-order valence-electron chi connectivity index (χ1n) is 6.24. The smallest absolute Gasteiger partial charge is 0.0833 e. The van der Waals surface area contributed by atoms with Crippen molar-refractivity contribution in [3.05, 3.63) is 35.4 Å². The summed E-state index contributed by atoms with van der Waals surface area (Å²) < 4.78 is 5.77. The van der Waals surface area contributed by atoms with Crippen molar-refractivity contribution in [2.45, 2.75) is 45.8 Å². The van der Waals surface area contributed by atoms with Crippen molar-refractivity contribution in [3.63, 3.8) is 0 Å². The molecule has 1 rings (SSSR count). The third-order valence-electron chi connectivity index (χ3n) is 3.07. The van der Waals surface area contributed by atoms with Gasteiger partial charge in [-0.05, 0) is 38.3 Å². The van der Waals surface area contributed by atoms with Crippen LogP contribution < -0.4 is 11.3 Å². The summed E-state index contributed by atoms with van der Waals surface area (Å²) in [5.41, 5.74) is 5.03. The van der Waals surface area contributed by atoms with Crippen molar-refractivity contribution >= 4 is 0 Å². The zero-order valence-corrected chi connectivity index (χ0v) is 11.3. The Balaban J connectivity index is 3.00. The molecule has 0 fully saturated rings. The van der Waals surface area contributed by atoms with Gasteiger partial charge in [0, 0.05) is 6.61 Å². The summed E-state index contributed by atoms with van der Waals surface area (Å²) in [4.78, 5) is 0. The molecule has 0 aliphatic carbocycles.